The molecule has 1 aliphatic carbocycles. The average Bonchev–Trinajstić information content (AvgIpc) is 3.22. The first-order valence-electron chi connectivity index (χ1n) is 10.9. The molecule has 1 heterocycles. The van der Waals surface area contributed by atoms with Crippen LogP contribution in [0, 0.1) is 0 Å². The molecule has 32 heavy (non-hydrogen) atoms. The molecule has 0 saturated heterocycles. The van der Waals surface area contributed by atoms with Gasteiger partial charge in [-0.15, -0.1) is 11.3 Å². The highest BCUT2D eigenvalue weighted by Crippen LogP contribution is 2.27. The van der Waals surface area contributed by atoms with Crippen molar-refractivity contribution in [3.63, 3.8) is 0 Å². The lowest BCUT2D eigenvalue weighted by Crippen LogP contribution is -2.34. The highest BCUT2D eigenvalue weighted by atomic mass is 35.5. The lowest BCUT2D eigenvalue weighted by molar-refractivity contribution is -0.121. The van der Waals surface area contributed by atoms with Gasteiger partial charge in [-0.2, -0.15) is 0 Å². The Morgan fingerprint density at radius 3 is 2.56 bits per heavy atom. The maximum Gasteiger partial charge on any atom is 0.253 e. The van der Waals surface area contributed by atoms with Crippen molar-refractivity contribution >= 4 is 34.8 Å². The Balaban J connectivity index is 1.36. The van der Waals surface area contributed by atoms with E-state index in [1.165, 1.54) is 23.4 Å². The molecule has 3 aromatic rings. The third-order valence-electron chi connectivity index (χ3n) is 5.57. The summed E-state index contributed by atoms with van der Waals surface area (Å²) in [5.74, 6) is -0.412. The fourth-order valence-corrected chi connectivity index (χ4v) is 5.28. The third-order valence-corrected chi connectivity index (χ3v) is 7.11. The molecule has 2 aromatic carbocycles. The number of nitrogens with zero attached hydrogens (tertiary/aromatic N) is 1. The Morgan fingerprint density at radius 1 is 1.03 bits per heavy atom. The minimum absolute atomic E-state index is 0.111. The number of carbonyl (C=O) groups excluding carboxylic acids is 2. The summed E-state index contributed by atoms with van der Waals surface area (Å²) in [6.45, 7) is 0.533. The van der Waals surface area contributed by atoms with Crippen molar-refractivity contribution in [3.05, 3.63) is 86.3 Å². The second-order valence-corrected chi connectivity index (χ2v) is 9.48. The molecule has 1 atom stereocenters. The molecule has 0 radical (unpaired) electrons. The van der Waals surface area contributed by atoms with Crippen LogP contribution in [0.25, 0.3) is 0 Å². The van der Waals surface area contributed by atoms with Gasteiger partial charge in [-0.25, -0.2) is 4.98 Å². The van der Waals surface area contributed by atoms with Crippen molar-refractivity contribution < 1.29 is 9.59 Å². The number of aryl methyl sites for hydroxylation is 2. The van der Waals surface area contributed by atoms with E-state index < -0.39 is 6.04 Å². The number of benzene rings is 2. The maximum absolute atomic E-state index is 12.8. The lowest BCUT2D eigenvalue weighted by atomic mass is 10.0. The predicted molar refractivity (Wildman–Crippen MR) is 128 cm³/mol. The Morgan fingerprint density at radius 2 is 1.78 bits per heavy atom. The van der Waals surface area contributed by atoms with Crippen LogP contribution in [0.1, 0.15) is 56.8 Å². The highest BCUT2D eigenvalue weighted by Gasteiger charge is 2.21. The number of halogens is 1. The second kappa shape index (κ2) is 10.7. The van der Waals surface area contributed by atoms with Gasteiger partial charge < -0.3 is 10.6 Å². The number of aromatic nitrogens is 1. The van der Waals surface area contributed by atoms with E-state index in [0.717, 1.165) is 29.8 Å². The van der Waals surface area contributed by atoms with Crippen LogP contribution in [0.2, 0.25) is 5.02 Å². The third kappa shape index (κ3) is 5.75. The normalized spacial score (nSPS) is 13.8. The Labute approximate surface area is 197 Å². The van der Waals surface area contributed by atoms with Crippen molar-refractivity contribution in [2.45, 2.75) is 44.6 Å². The zero-order valence-electron chi connectivity index (χ0n) is 17.8. The van der Waals surface area contributed by atoms with Crippen molar-refractivity contribution in [1.29, 1.82) is 0 Å². The number of nitrogens with one attached hydrogen (secondary N) is 2. The average molecular weight is 468 g/mol. The van der Waals surface area contributed by atoms with Gasteiger partial charge in [-0.3, -0.25) is 9.59 Å². The van der Waals surface area contributed by atoms with Crippen LogP contribution >= 0.6 is 22.9 Å². The van der Waals surface area contributed by atoms with Gasteiger partial charge in [0.05, 0.1) is 33.8 Å². The SMILES string of the molecule is O=C(CC(NC(=O)c1ccccc1Cl)c1ccccc1)NCCc1nc2c(s1)CCCC2. The van der Waals surface area contributed by atoms with Gasteiger partial charge in [0.1, 0.15) is 0 Å². The molecule has 0 fully saturated rings. The van der Waals surface area contributed by atoms with Crippen LogP contribution in [0.5, 0.6) is 0 Å². The van der Waals surface area contributed by atoms with Crippen molar-refractivity contribution in [2.24, 2.45) is 0 Å². The number of hydrogen-bond donors (Lipinski definition) is 2. The van der Waals surface area contributed by atoms with Gasteiger partial charge >= 0.3 is 0 Å². The smallest absolute Gasteiger partial charge is 0.253 e. The fraction of sp³-hybridized carbons (Fsp3) is 0.320. The zero-order valence-corrected chi connectivity index (χ0v) is 19.3. The maximum atomic E-state index is 12.8. The van der Waals surface area contributed by atoms with E-state index in [9.17, 15) is 9.59 Å². The van der Waals surface area contributed by atoms with Gasteiger partial charge in [-0.05, 0) is 43.4 Å². The largest absolute Gasteiger partial charge is 0.356 e. The molecule has 2 amide bonds. The summed E-state index contributed by atoms with van der Waals surface area (Å²) < 4.78 is 0. The first-order valence-corrected chi connectivity index (χ1v) is 12.1. The van der Waals surface area contributed by atoms with Gasteiger partial charge in [0, 0.05) is 17.8 Å². The molecule has 5 nitrogen and oxygen atoms in total. The quantitative estimate of drug-likeness (QED) is 0.495. The number of thiazole rings is 1. The molecule has 0 saturated carbocycles. The topological polar surface area (TPSA) is 71.1 Å². The molecule has 1 aromatic heterocycles. The van der Waals surface area contributed by atoms with E-state index in [2.05, 4.69) is 10.6 Å². The molecule has 4 rings (SSSR count). The molecular formula is C25H26ClN3O2S. The molecule has 0 aliphatic heterocycles. The van der Waals surface area contributed by atoms with E-state index in [0.29, 0.717) is 17.1 Å². The molecule has 0 spiro atoms. The van der Waals surface area contributed by atoms with Gasteiger partial charge in [0.15, 0.2) is 0 Å². The van der Waals surface area contributed by atoms with Gasteiger partial charge in [-0.1, -0.05) is 54.1 Å². The zero-order chi connectivity index (χ0) is 22.3. The molecule has 2 N–H and O–H groups in total. The van der Waals surface area contributed by atoms with Crippen LogP contribution in [-0.4, -0.2) is 23.3 Å². The Bertz CT molecular complexity index is 1060. The van der Waals surface area contributed by atoms with Crippen LogP contribution in [0.3, 0.4) is 0 Å². The highest BCUT2D eigenvalue weighted by molar-refractivity contribution is 7.11. The molecule has 166 valence electrons. The van der Waals surface area contributed by atoms with Crippen LogP contribution in [0.15, 0.2) is 54.6 Å². The summed E-state index contributed by atoms with van der Waals surface area (Å²) in [4.78, 5) is 31.6. The van der Waals surface area contributed by atoms with Gasteiger partial charge in [0.2, 0.25) is 5.91 Å². The van der Waals surface area contributed by atoms with E-state index >= 15 is 0 Å². The van der Waals surface area contributed by atoms with E-state index in [1.807, 2.05) is 30.3 Å². The molecule has 0 bridgehead atoms. The number of rotatable bonds is 8. The second-order valence-electron chi connectivity index (χ2n) is 7.91. The predicted octanol–water partition coefficient (Wildman–Crippen LogP) is 4.90. The summed E-state index contributed by atoms with van der Waals surface area (Å²) >= 11 is 7.95. The molecule has 1 aliphatic rings. The standard InChI is InChI=1S/C25H26ClN3O2S/c26-19-11-5-4-10-18(19)25(31)29-21(17-8-2-1-3-9-17)16-23(30)27-15-14-24-28-20-12-6-7-13-22(20)32-24/h1-5,8-11,21H,6-7,12-16H2,(H,27,30)(H,29,31). The summed E-state index contributed by atoms with van der Waals surface area (Å²) in [7, 11) is 0. The van der Waals surface area contributed by atoms with E-state index in [1.54, 1.807) is 35.6 Å². The van der Waals surface area contributed by atoms with Crippen molar-refractivity contribution in [2.75, 3.05) is 6.54 Å². The summed E-state index contributed by atoms with van der Waals surface area (Å²) in [6.07, 6.45) is 5.53. The fourth-order valence-electron chi connectivity index (χ4n) is 3.90. The van der Waals surface area contributed by atoms with Crippen LogP contribution < -0.4 is 10.6 Å². The van der Waals surface area contributed by atoms with Crippen LogP contribution in [0.4, 0.5) is 0 Å². The number of carbonyl (C=O) groups is 2. The summed E-state index contributed by atoms with van der Waals surface area (Å²) in [5.41, 5.74) is 2.51. The van der Waals surface area contributed by atoms with E-state index in [-0.39, 0.29) is 18.2 Å². The molecular weight excluding hydrogens is 442 g/mol. The number of amides is 2. The van der Waals surface area contributed by atoms with Crippen molar-refractivity contribution in [1.82, 2.24) is 15.6 Å². The molecule has 1 unspecified atom stereocenters. The van der Waals surface area contributed by atoms with Crippen molar-refractivity contribution in [3.8, 4) is 0 Å². The lowest BCUT2D eigenvalue weighted by Gasteiger charge is -2.19. The van der Waals surface area contributed by atoms with Crippen LogP contribution in [-0.2, 0) is 24.1 Å². The first kappa shape index (κ1) is 22.5. The van der Waals surface area contributed by atoms with Gasteiger partial charge in [0.25, 0.3) is 5.91 Å². The molecule has 7 heteroatoms. The monoisotopic (exact) mass is 467 g/mol. The Hall–Kier alpha value is -2.70. The minimum Gasteiger partial charge on any atom is -0.356 e. The first-order chi connectivity index (χ1) is 15.6. The Kier molecular flexibility index (Phi) is 7.55. The number of hydrogen-bond acceptors (Lipinski definition) is 4. The summed E-state index contributed by atoms with van der Waals surface area (Å²) in [5, 5.41) is 7.42. The summed E-state index contributed by atoms with van der Waals surface area (Å²) in [6, 6.07) is 16.0. The minimum atomic E-state index is -0.452. The number of fused-ring (bicyclic) bond motifs is 1. The van der Waals surface area contributed by atoms with E-state index in [4.69, 9.17) is 16.6 Å².